The second-order valence-electron chi connectivity index (χ2n) is 4.59. The van der Waals surface area contributed by atoms with Gasteiger partial charge in [-0.2, -0.15) is 16.7 Å². The predicted molar refractivity (Wildman–Crippen MR) is 76.8 cm³/mol. The third-order valence-electron chi connectivity index (χ3n) is 2.91. The summed E-state index contributed by atoms with van der Waals surface area (Å²) in [6.45, 7) is 3.06. The summed E-state index contributed by atoms with van der Waals surface area (Å²) in [6.07, 6.45) is 1.48. The van der Waals surface area contributed by atoms with Gasteiger partial charge in [0.05, 0.1) is 6.42 Å². The molecule has 1 aliphatic rings. The van der Waals surface area contributed by atoms with E-state index < -0.39 is 0 Å². The minimum Gasteiger partial charge on any atom is -0.339 e. The molecule has 3 heterocycles. The van der Waals surface area contributed by atoms with E-state index in [1.54, 1.807) is 11.3 Å². The number of nitrogens with one attached hydrogen (secondary N) is 1. The third kappa shape index (κ3) is 3.55. The van der Waals surface area contributed by atoms with Crippen molar-refractivity contribution in [1.29, 1.82) is 0 Å². The molecule has 0 spiro atoms. The van der Waals surface area contributed by atoms with E-state index in [4.69, 9.17) is 4.52 Å². The molecule has 0 radical (unpaired) electrons. The second-order valence-corrected chi connectivity index (χ2v) is 6.69. The topological polar surface area (TPSA) is 63.8 Å². The van der Waals surface area contributed by atoms with E-state index in [0.29, 0.717) is 12.5 Å². The summed E-state index contributed by atoms with van der Waals surface area (Å²) < 4.78 is 5.31. The molecule has 1 fully saturated rings. The van der Waals surface area contributed by atoms with Crippen LogP contribution in [0.5, 0.6) is 0 Å². The van der Waals surface area contributed by atoms with Gasteiger partial charge in [-0.15, -0.1) is 11.3 Å². The Kier molecular flexibility index (Phi) is 4.15. The van der Waals surface area contributed by atoms with E-state index in [2.05, 4.69) is 20.4 Å². The van der Waals surface area contributed by atoms with Gasteiger partial charge in [0, 0.05) is 41.6 Å². The zero-order valence-electron chi connectivity index (χ0n) is 10.8. The molecule has 2 aromatic heterocycles. The van der Waals surface area contributed by atoms with Crippen LogP contribution in [-0.4, -0.2) is 39.2 Å². The van der Waals surface area contributed by atoms with Gasteiger partial charge < -0.3 is 9.84 Å². The highest BCUT2D eigenvalue weighted by Gasteiger charge is 2.17. The lowest BCUT2D eigenvalue weighted by Gasteiger charge is -2.21. The summed E-state index contributed by atoms with van der Waals surface area (Å²) in [7, 11) is 0. The minimum absolute atomic E-state index is 0.453. The molecule has 0 amide bonds. The second kappa shape index (κ2) is 6.02. The first kappa shape index (κ1) is 13.1. The van der Waals surface area contributed by atoms with E-state index in [1.807, 2.05) is 24.1 Å². The molecular formula is C12H16N4OS2. The van der Waals surface area contributed by atoms with Crippen molar-refractivity contribution in [3.8, 4) is 0 Å². The Bertz CT molecular complexity index is 533. The molecule has 1 saturated heterocycles. The fourth-order valence-electron chi connectivity index (χ4n) is 2.03. The van der Waals surface area contributed by atoms with Crippen LogP contribution in [0, 0.1) is 6.92 Å². The van der Waals surface area contributed by atoms with Gasteiger partial charge in [0.25, 0.3) is 0 Å². The lowest BCUT2D eigenvalue weighted by Crippen LogP contribution is -2.38. The van der Waals surface area contributed by atoms with Crippen molar-refractivity contribution in [2.45, 2.75) is 25.8 Å². The molecule has 0 bridgehead atoms. The van der Waals surface area contributed by atoms with Crippen LogP contribution < -0.4 is 5.32 Å². The van der Waals surface area contributed by atoms with Gasteiger partial charge in [0.15, 0.2) is 5.82 Å². The number of hydrogen-bond acceptors (Lipinski definition) is 7. The Morgan fingerprint density at radius 1 is 1.47 bits per heavy atom. The van der Waals surface area contributed by atoms with E-state index in [-0.39, 0.29) is 0 Å². The van der Waals surface area contributed by atoms with Gasteiger partial charge in [0.1, 0.15) is 5.01 Å². The first-order chi connectivity index (χ1) is 9.29. The normalized spacial score (nSPS) is 19.7. The molecule has 0 saturated carbocycles. The maximum absolute atomic E-state index is 5.31. The highest BCUT2D eigenvalue weighted by atomic mass is 32.2. The average molecular weight is 296 g/mol. The summed E-state index contributed by atoms with van der Waals surface area (Å²) in [5.41, 5.74) is 1.05. The van der Waals surface area contributed by atoms with Crippen LogP contribution in [0.15, 0.2) is 9.90 Å². The third-order valence-corrected chi connectivity index (χ3v) is 5.00. The number of thioether (sulfide) groups is 1. The molecule has 2 aromatic rings. The van der Waals surface area contributed by atoms with Gasteiger partial charge in [-0.3, -0.25) is 0 Å². The molecule has 0 aliphatic carbocycles. The molecule has 3 rings (SSSR count). The van der Waals surface area contributed by atoms with Crippen molar-refractivity contribution in [3.63, 3.8) is 0 Å². The van der Waals surface area contributed by atoms with Gasteiger partial charge >= 0.3 is 0 Å². The van der Waals surface area contributed by atoms with E-state index in [1.165, 1.54) is 5.75 Å². The highest BCUT2D eigenvalue weighted by molar-refractivity contribution is 7.99. The lowest BCUT2D eigenvalue weighted by molar-refractivity contribution is 0.359. The molecule has 7 heteroatoms. The minimum atomic E-state index is 0.453. The summed E-state index contributed by atoms with van der Waals surface area (Å²) in [5.74, 6) is 3.76. The van der Waals surface area contributed by atoms with Crippen LogP contribution in [0.2, 0.25) is 0 Å². The average Bonchev–Trinajstić information content (AvgIpc) is 3.01. The summed E-state index contributed by atoms with van der Waals surface area (Å²) in [4.78, 5) is 8.86. The number of nitrogens with zero attached hydrogens (tertiary/aromatic N) is 3. The van der Waals surface area contributed by atoms with Crippen LogP contribution in [0.25, 0.3) is 0 Å². The molecular weight excluding hydrogens is 280 g/mol. The maximum atomic E-state index is 5.31. The summed E-state index contributed by atoms with van der Waals surface area (Å²) in [5, 5.41) is 10.6. The van der Waals surface area contributed by atoms with Crippen LogP contribution in [-0.2, 0) is 12.8 Å². The first-order valence-corrected chi connectivity index (χ1v) is 8.36. The van der Waals surface area contributed by atoms with Crippen LogP contribution >= 0.6 is 23.1 Å². The largest absolute Gasteiger partial charge is 0.339 e. The van der Waals surface area contributed by atoms with Gasteiger partial charge in [-0.25, -0.2) is 4.98 Å². The Morgan fingerprint density at radius 2 is 2.42 bits per heavy atom. The lowest BCUT2D eigenvalue weighted by atomic mass is 10.2. The van der Waals surface area contributed by atoms with E-state index in [9.17, 15) is 0 Å². The SMILES string of the molecule is Cc1csc(Cc2noc(CC3CSCCN3)n2)n1. The van der Waals surface area contributed by atoms with Crippen molar-refractivity contribution in [3.05, 3.63) is 27.8 Å². The van der Waals surface area contributed by atoms with E-state index >= 15 is 0 Å². The van der Waals surface area contributed by atoms with Gasteiger partial charge in [-0.05, 0) is 6.92 Å². The predicted octanol–water partition coefficient (Wildman–Crippen LogP) is 1.67. The number of rotatable bonds is 4. The van der Waals surface area contributed by atoms with Crippen molar-refractivity contribution in [2.75, 3.05) is 18.1 Å². The number of thiazole rings is 1. The molecule has 19 heavy (non-hydrogen) atoms. The Hall–Kier alpha value is -0.920. The molecule has 1 N–H and O–H groups in total. The van der Waals surface area contributed by atoms with Gasteiger partial charge in [-0.1, -0.05) is 5.16 Å². The van der Waals surface area contributed by atoms with Gasteiger partial charge in [0.2, 0.25) is 5.89 Å². The van der Waals surface area contributed by atoms with Crippen molar-refractivity contribution in [2.24, 2.45) is 0 Å². The molecule has 0 aromatic carbocycles. The Labute approximate surface area is 120 Å². The van der Waals surface area contributed by atoms with Crippen LogP contribution in [0.1, 0.15) is 22.4 Å². The molecule has 5 nitrogen and oxygen atoms in total. The zero-order chi connectivity index (χ0) is 13.1. The quantitative estimate of drug-likeness (QED) is 0.926. The fourth-order valence-corrected chi connectivity index (χ4v) is 3.74. The monoisotopic (exact) mass is 296 g/mol. The Balaban J connectivity index is 1.59. The zero-order valence-corrected chi connectivity index (χ0v) is 12.4. The van der Waals surface area contributed by atoms with E-state index in [0.717, 1.165) is 41.1 Å². The van der Waals surface area contributed by atoms with Crippen LogP contribution in [0.4, 0.5) is 0 Å². The Morgan fingerprint density at radius 3 is 3.16 bits per heavy atom. The van der Waals surface area contributed by atoms with Crippen molar-refractivity contribution >= 4 is 23.1 Å². The molecule has 1 unspecified atom stereocenters. The number of aromatic nitrogens is 3. The fraction of sp³-hybridized carbons (Fsp3) is 0.583. The molecule has 1 aliphatic heterocycles. The van der Waals surface area contributed by atoms with Crippen molar-refractivity contribution in [1.82, 2.24) is 20.4 Å². The molecule has 1 atom stereocenters. The van der Waals surface area contributed by atoms with Crippen LogP contribution in [0.3, 0.4) is 0 Å². The molecule has 102 valence electrons. The number of hydrogen-bond donors (Lipinski definition) is 1. The smallest absolute Gasteiger partial charge is 0.228 e. The summed E-state index contributed by atoms with van der Waals surface area (Å²) in [6, 6.07) is 0.453. The first-order valence-electron chi connectivity index (χ1n) is 6.33. The van der Waals surface area contributed by atoms with Crippen molar-refractivity contribution < 1.29 is 4.52 Å². The summed E-state index contributed by atoms with van der Waals surface area (Å²) >= 11 is 3.61. The number of aryl methyl sites for hydroxylation is 1. The highest BCUT2D eigenvalue weighted by Crippen LogP contribution is 2.14. The maximum Gasteiger partial charge on any atom is 0.228 e. The standard InChI is InChI=1S/C12H16N4OS2/c1-8-6-19-12(14-8)5-10-15-11(17-16-10)4-9-7-18-3-2-13-9/h6,9,13H,2-5,7H2,1H3.